The van der Waals surface area contributed by atoms with E-state index in [1.54, 1.807) is 6.92 Å². The van der Waals surface area contributed by atoms with Crippen molar-refractivity contribution in [2.24, 2.45) is 11.8 Å². The van der Waals surface area contributed by atoms with Crippen molar-refractivity contribution in [3.05, 3.63) is 0 Å². The van der Waals surface area contributed by atoms with Crippen molar-refractivity contribution in [2.45, 2.75) is 31.4 Å². The molecular formula is C10H19NO2S. The maximum atomic E-state index is 11.0. The van der Waals surface area contributed by atoms with Gasteiger partial charge in [0.25, 0.3) is 0 Å². The first-order valence-corrected chi connectivity index (χ1v) is 5.57. The molecule has 2 unspecified atom stereocenters. The summed E-state index contributed by atoms with van der Waals surface area (Å²) >= 11 is 4.27. The van der Waals surface area contributed by atoms with Gasteiger partial charge in [-0.05, 0) is 44.7 Å². The molecule has 1 aliphatic rings. The van der Waals surface area contributed by atoms with Crippen molar-refractivity contribution in [3.63, 3.8) is 0 Å². The van der Waals surface area contributed by atoms with Crippen molar-refractivity contribution in [1.29, 1.82) is 0 Å². The SMILES string of the molecule is CC(C1CCNCC1)C(C)(S)C(=O)O. The topological polar surface area (TPSA) is 49.3 Å². The summed E-state index contributed by atoms with van der Waals surface area (Å²) in [6.45, 7) is 5.69. The second-order valence-electron chi connectivity index (χ2n) is 4.33. The molecular weight excluding hydrogens is 198 g/mol. The monoisotopic (exact) mass is 217 g/mol. The highest BCUT2D eigenvalue weighted by Crippen LogP contribution is 2.34. The zero-order valence-corrected chi connectivity index (χ0v) is 9.68. The van der Waals surface area contributed by atoms with Gasteiger partial charge in [0.15, 0.2) is 0 Å². The van der Waals surface area contributed by atoms with Gasteiger partial charge in [-0.15, -0.1) is 0 Å². The number of aliphatic carboxylic acids is 1. The van der Waals surface area contributed by atoms with E-state index in [1.807, 2.05) is 6.92 Å². The molecule has 2 N–H and O–H groups in total. The van der Waals surface area contributed by atoms with Gasteiger partial charge in [0.1, 0.15) is 4.75 Å². The Morgan fingerprint density at radius 3 is 2.50 bits per heavy atom. The maximum absolute atomic E-state index is 11.0. The van der Waals surface area contributed by atoms with E-state index in [9.17, 15) is 4.79 Å². The van der Waals surface area contributed by atoms with Gasteiger partial charge in [-0.1, -0.05) is 6.92 Å². The Kier molecular flexibility index (Phi) is 3.84. The fraction of sp³-hybridized carbons (Fsp3) is 0.900. The summed E-state index contributed by atoms with van der Waals surface area (Å²) in [6, 6.07) is 0. The predicted octanol–water partition coefficient (Wildman–Crippen LogP) is 1.40. The Balaban J connectivity index is 2.62. The molecule has 4 heteroatoms. The number of carboxylic acids is 1. The molecule has 0 aliphatic carbocycles. The molecule has 82 valence electrons. The second-order valence-corrected chi connectivity index (χ2v) is 5.26. The Bertz CT molecular complexity index is 212. The van der Waals surface area contributed by atoms with Gasteiger partial charge < -0.3 is 10.4 Å². The second kappa shape index (κ2) is 4.53. The Morgan fingerprint density at radius 2 is 2.07 bits per heavy atom. The third-order valence-corrected chi connectivity index (χ3v) is 4.01. The minimum absolute atomic E-state index is 0.116. The molecule has 0 radical (unpaired) electrons. The van der Waals surface area contributed by atoms with Crippen LogP contribution in [0, 0.1) is 11.8 Å². The van der Waals surface area contributed by atoms with Crippen LogP contribution in [0.5, 0.6) is 0 Å². The number of thiol groups is 1. The molecule has 0 amide bonds. The molecule has 1 rings (SSSR count). The van der Waals surface area contributed by atoms with Gasteiger partial charge in [-0.25, -0.2) is 0 Å². The summed E-state index contributed by atoms with van der Waals surface area (Å²) in [4.78, 5) is 11.0. The first-order chi connectivity index (χ1) is 6.46. The van der Waals surface area contributed by atoms with Crippen molar-refractivity contribution in [2.75, 3.05) is 13.1 Å². The highest BCUT2D eigenvalue weighted by Gasteiger charge is 2.39. The Labute approximate surface area is 90.7 Å². The smallest absolute Gasteiger partial charge is 0.319 e. The fourth-order valence-corrected chi connectivity index (χ4v) is 2.21. The minimum atomic E-state index is -0.901. The highest BCUT2D eigenvalue weighted by molar-refractivity contribution is 7.82. The number of carboxylic acid groups (broad SMARTS) is 1. The molecule has 0 aromatic heterocycles. The Morgan fingerprint density at radius 1 is 1.57 bits per heavy atom. The third-order valence-electron chi connectivity index (χ3n) is 3.41. The summed E-state index contributed by atoms with van der Waals surface area (Å²) in [6.07, 6.45) is 2.12. The molecule has 1 aliphatic heterocycles. The molecule has 0 bridgehead atoms. The number of rotatable bonds is 3. The van der Waals surface area contributed by atoms with Crippen LogP contribution in [0.15, 0.2) is 0 Å². The predicted molar refractivity (Wildman–Crippen MR) is 59.8 cm³/mol. The zero-order chi connectivity index (χ0) is 10.8. The first-order valence-electron chi connectivity index (χ1n) is 5.12. The number of carbonyl (C=O) groups is 1. The third kappa shape index (κ3) is 2.42. The van der Waals surface area contributed by atoms with Gasteiger partial charge in [0, 0.05) is 0 Å². The number of nitrogens with one attached hydrogen (secondary N) is 1. The normalized spacial score (nSPS) is 25.4. The van der Waals surface area contributed by atoms with E-state index in [0.29, 0.717) is 5.92 Å². The van der Waals surface area contributed by atoms with Crippen molar-refractivity contribution >= 4 is 18.6 Å². The van der Waals surface area contributed by atoms with E-state index >= 15 is 0 Å². The lowest BCUT2D eigenvalue weighted by Crippen LogP contribution is -2.43. The molecule has 0 spiro atoms. The standard InChI is InChI=1S/C10H19NO2S/c1-7(10(2,14)9(12)13)8-3-5-11-6-4-8/h7-8,11,14H,3-6H2,1-2H3,(H,12,13). The zero-order valence-electron chi connectivity index (χ0n) is 8.79. The van der Waals surface area contributed by atoms with E-state index < -0.39 is 10.7 Å². The van der Waals surface area contributed by atoms with Crippen LogP contribution in [0.2, 0.25) is 0 Å². The lowest BCUT2D eigenvalue weighted by atomic mass is 9.78. The van der Waals surface area contributed by atoms with Crippen LogP contribution in [0.1, 0.15) is 26.7 Å². The molecule has 0 aromatic rings. The number of piperidine rings is 1. The van der Waals surface area contributed by atoms with Crippen LogP contribution >= 0.6 is 12.6 Å². The van der Waals surface area contributed by atoms with Gasteiger partial charge >= 0.3 is 5.97 Å². The molecule has 3 nitrogen and oxygen atoms in total. The van der Waals surface area contributed by atoms with Crippen molar-refractivity contribution in [3.8, 4) is 0 Å². The van der Waals surface area contributed by atoms with Crippen LogP contribution < -0.4 is 5.32 Å². The van der Waals surface area contributed by atoms with Crippen LogP contribution in [0.4, 0.5) is 0 Å². The van der Waals surface area contributed by atoms with Crippen LogP contribution in [0.25, 0.3) is 0 Å². The van der Waals surface area contributed by atoms with E-state index in [1.165, 1.54) is 0 Å². The molecule has 0 aromatic carbocycles. The van der Waals surface area contributed by atoms with Gasteiger partial charge in [-0.3, -0.25) is 4.79 Å². The molecule has 1 heterocycles. The average molecular weight is 217 g/mol. The van der Waals surface area contributed by atoms with Gasteiger partial charge in [-0.2, -0.15) is 12.6 Å². The van der Waals surface area contributed by atoms with E-state index in [2.05, 4.69) is 17.9 Å². The fourth-order valence-electron chi connectivity index (χ4n) is 2.00. The highest BCUT2D eigenvalue weighted by atomic mass is 32.1. The minimum Gasteiger partial charge on any atom is -0.480 e. The largest absolute Gasteiger partial charge is 0.480 e. The lowest BCUT2D eigenvalue weighted by Gasteiger charge is -2.35. The average Bonchev–Trinajstić information content (AvgIpc) is 2.17. The summed E-state index contributed by atoms with van der Waals surface area (Å²) < 4.78 is -0.901. The van der Waals surface area contributed by atoms with E-state index in [4.69, 9.17) is 5.11 Å². The van der Waals surface area contributed by atoms with Crippen molar-refractivity contribution in [1.82, 2.24) is 5.32 Å². The van der Waals surface area contributed by atoms with E-state index in [0.717, 1.165) is 25.9 Å². The van der Waals surface area contributed by atoms with Crippen LogP contribution in [-0.2, 0) is 4.79 Å². The quantitative estimate of drug-likeness (QED) is 0.626. The molecule has 0 saturated carbocycles. The lowest BCUT2D eigenvalue weighted by molar-refractivity contribution is -0.141. The molecule has 14 heavy (non-hydrogen) atoms. The molecule has 1 saturated heterocycles. The number of hydrogen-bond acceptors (Lipinski definition) is 3. The summed E-state index contributed by atoms with van der Waals surface area (Å²) in [5.41, 5.74) is 0. The van der Waals surface area contributed by atoms with Gasteiger partial charge in [0.05, 0.1) is 0 Å². The number of hydrogen-bond donors (Lipinski definition) is 3. The van der Waals surface area contributed by atoms with Crippen molar-refractivity contribution < 1.29 is 9.90 Å². The van der Waals surface area contributed by atoms with E-state index in [-0.39, 0.29) is 5.92 Å². The van der Waals surface area contributed by atoms with Gasteiger partial charge in [0.2, 0.25) is 0 Å². The van der Waals surface area contributed by atoms with Crippen LogP contribution in [0.3, 0.4) is 0 Å². The maximum Gasteiger partial charge on any atom is 0.319 e. The Hall–Kier alpha value is -0.220. The summed E-state index contributed by atoms with van der Waals surface area (Å²) in [5.74, 6) is -0.216. The summed E-state index contributed by atoms with van der Waals surface area (Å²) in [7, 11) is 0. The summed E-state index contributed by atoms with van der Waals surface area (Å²) in [5, 5.41) is 12.3. The molecule has 1 fully saturated rings. The molecule has 2 atom stereocenters. The first kappa shape index (κ1) is 11.9. The van der Waals surface area contributed by atoms with Crippen LogP contribution in [-0.4, -0.2) is 28.9 Å².